The second-order valence-corrected chi connectivity index (χ2v) is 12.2. The highest BCUT2D eigenvalue weighted by Crippen LogP contribution is 2.24. The van der Waals surface area contributed by atoms with E-state index in [1.54, 1.807) is 22.9 Å². The Morgan fingerprint density at radius 3 is 2.31 bits per heavy atom. The molecule has 2 aromatic carbocycles. The first-order valence-electron chi connectivity index (χ1n) is 11.4. The van der Waals surface area contributed by atoms with Gasteiger partial charge in [0.05, 0.1) is 23.6 Å². The van der Waals surface area contributed by atoms with E-state index in [0.29, 0.717) is 11.9 Å². The molecule has 0 aliphatic carbocycles. The van der Waals surface area contributed by atoms with Gasteiger partial charge in [0.25, 0.3) is 5.91 Å². The van der Waals surface area contributed by atoms with Crippen LogP contribution in [0.4, 0.5) is 4.39 Å². The second kappa shape index (κ2) is 9.41. The molecule has 1 aromatic heterocycles. The maximum absolute atomic E-state index is 13.4. The minimum Gasteiger partial charge on any atom is -0.339 e. The Kier molecular flexibility index (Phi) is 6.68. The number of hydrogen-bond acceptors (Lipinski definition) is 5. The molecule has 0 bridgehead atoms. The van der Waals surface area contributed by atoms with Gasteiger partial charge in [0.2, 0.25) is 5.91 Å². The third kappa shape index (κ3) is 5.53. The number of sulfone groups is 1. The zero-order valence-corrected chi connectivity index (χ0v) is 20.8. The number of fused-ring (bicyclic) bond motifs is 1. The highest BCUT2D eigenvalue weighted by molar-refractivity contribution is 7.91. The van der Waals surface area contributed by atoms with Gasteiger partial charge in [-0.25, -0.2) is 12.8 Å². The van der Waals surface area contributed by atoms with Gasteiger partial charge in [-0.15, -0.1) is 0 Å². The summed E-state index contributed by atoms with van der Waals surface area (Å²) in [6.07, 6.45) is 0. The van der Waals surface area contributed by atoms with E-state index in [1.807, 2.05) is 39.0 Å². The Balaban J connectivity index is 1.61. The van der Waals surface area contributed by atoms with Crippen molar-refractivity contribution in [2.24, 2.45) is 5.41 Å². The minimum atomic E-state index is -3.14. The number of amides is 2. The highest BCUT2D eigenvalue weighted by atomic mass is 32.2. The van der Waals surface area contributed by atoms with Gasteiger partial charge in [0, 0.05) is 18.5 Å². The van der Waals surface area contributed by atoms with E-state index in [4.69, 9.17) is 0 Å². The van der Waals surface area contributed by atoms with E-state index in [1.165, 1.54) is 17.0 Å². The zero-order valence-electron chi connectivity index (χ0n) is 20.0. The number of halogens is 1. The lowest BCUT2D eigenvalue weighted by Gasteiger charge is -2.36. The van der Waals surface area contributed by atoms with Crippen LogP contribution >= 0.6 is 0 Å². The summed E-state index contributed by atoms with van der Waals surface area (Å²) in [7, 11) is -3.14. The van der Waals surface area contributed by atoms with Crippen LogP contribution in [0.1, 0.15) is 36.8 Å². The summed E-state index contributed by atoms with van der Waals surface area (Å²) >= 11 is 0. The highest BCUT2D eigenvalue weighted by Gasteiger charge is 2.38. The van der Waals surface area contributed by atoms with Gasteiger partial charge in [-0.3, -0.25) is 14.3 Å². The first kappa shape index (κ1) is 24.8. The first-order valence-corrected chi connectivity index (χ1v) is 13.3. The molecule has 0 radical (unpaired) electrons. The Bertz CT molecular complexity index is 1350. The van der Waals surface area contributed by atoms with Crippen LogP contribution in [-0.2, 0) is 21.2 Å². The van der Waals surface area contributed by atoms with Gasteiger partial charge in [-0.05, 0) is 29.2 Å². The Morgan fingerprint density at radius 2 is 1.69 bits per heavy atom. The van der Waals surface area contributed by atoms with Crippen LogP contribution in [0.25, 0.3) is 10.9 Å². The van der Waals surface area contributed by atoms with Gasteiger partial charge in [-0.2, -0.15) is 5.10 Å². The monoisotopic (exact) mass is 500 g/mol. The maximum atomic E-state index is 13.4. The summed E-state index contributed by atoms with van der Waals surface area (Å²) in [5.74, 6) is -1.29. The van der Waals surface area contributed by atoms with Gasteiger partial charge in [-0.1, -0.05) is 51.1 Å². The molecule has 2 amide bonds. The number of para-hydroxylation sites is 1. The van der Waals surface area contributed by atoms with Crippen LogP contribution in [0, 0.1) is 11.2 Å². The average Bonchev–Trinajstić information content (AvgIpc) is 3.16. The van der Waals surface area contributed by atoms with E-state index in [0.717, 1.165) is 11.1 Å². The number of hydrogen-bond donors (Lipinski definition) is 1. The Labute approximate surface area is 204 Å². The van der Waals surface area contributed by atoms with Crippen molar-refractivity contribution in [3.8, 4) is 0 Å². The van der Waals surface area contributed by atoms with Crippen LogP contribution in [0.15, 0.2) is 48.5 Å². The summed E-state index contributed by atoms with van der Waals surface area (Å²) in [5.41, 5.74) is 1.14. The quantitative estimate of drug-likeness (QED) is 0.580. The minimum absolute atomic E-state index is 0.0814. The Morgan fingerprint density at radius 1 is 1.06 bits per heavy atom. The molecule has 1 fully saturated rings. The summed E-state index contributed by atoms with van der Waals surface area (Å²) in [5, 5.41) is 8.04. The number of nitrogens with zero attached hydrogens (tertiary/aromatic N) is 3. The topological polar surface area (TPSA) is 101 Å². The number of aromatic nitrogens is 2. The van der Waals surface area contributed by atoms with E-state index in [2.05, 4.69) is 10.4 Å². The van der Waals surface area contributed by atoms with Crippen molar-refractivity contribution in [1.29, 1.82) is 0 Å². The van der Waals surface area contributed by atoms with Crippen molar-refractivity contribution in [3.05, 3.63) is 65.6 Å². The molecule has 4 rings (SSSR count). The first-order chi connectivity index (χ1) is 16.4. The van der Waals surface area contributed by atoms with Gasteiger partial charge >= 0.3 is 0 Å². The molecule has 1 N–H and O–H groups in total. The third-order valence-electron chi connectivity index (χ3n) is 6.16. The number of carbonyl (C=O) groups is 2. The Hall–Kier alpha value is -3.27. The zero-order chi connectivity index (χ0) is 25.4. The summed E-state index contributed by atoms with van der Waals surface area (Å²) < 4.78 is 38.6. The predicted octanol–water partition coefficient (Wildman–Crippen LogP) is 2.63. The molecule has 186 valence electrons. The SMILES string of the molecule is CC(C)(C)C(NC(=O)c1nn(Cc2ccc(F)cc2)c2ccccc12)C(=O)N1CCS(=O)(=O)CC1. The van der Waals surface area contributed by atoms with Crippen LogP contribution < -0.4 is 5.32 Å². The van der Waals surface area contributed by atoms with Crippen molar-refractivity contribution in [3.63, 3.8) is 0 Å². The summed E-state index contributed by atoms with van der Waals surface area (Å²) in [4.78, 5) is 28.2. The van der Waals surface area contributed by atoms with Gasteiger partial charge in [0.1, 0.15) is 11.9 Å². The van der Waals surface area contributed by atoms with Crippen LogP contribution in [-0.4, -0.2) is 65.5 Å². The largest absolute Gasteiger partial charge is 0.339 e. The lowest BCUT2D eigenvalue weighted by atomic mass is 9.85. The van der Waals surface area contributed by atoms with E-state index in [9.17, 15) is 22.4 Å². The fourth-order valence-corrected chi connectivity index (χ4v) is 5.34. The van der Waals surface area contributed by atoms with Crippen LogP contribution in [0.5, 0.6) is 0 Å². The molecule has 1 aliphatic heterocycles. The molecule has 2 heterocycles. The smallest absolute Gasteiger partial charge is 0.273 e. The second-order valence-electron chi connectivity index (χ2n) is 9.90. The van der Waals surface area contributed by atoms with Crippen molar-refractivity contribution >= 4 is 32.6 Å². The maximum Gasteiger partial charge on any atom is 0.273 e. The van der Waals surface area contributed by atoms with Crippen molar-refractivity contribution in [2.75, 3.05) is 24.6 Å². The molecule has 1 unspecified atom stereocenters. The number of nitrogens with one attached hydrogen (secondary N) is 1. The molecule has 1 atom stereocenters. The molecule has 0 saturated carbocycles. The lowest BCUT2D eigenvalue weighted by Crippen LogP contribution is -2.57. The van der Waals surface area contributed by atoms with Gasteiger partial charge < -0.3 is 10.2 Å². The summed E-state index contributed by atoms with van der Waals surface area (Å²) in [6.45, 7) is 6.11. The van der Waals surface area contributed by atoms with E-state index >= 15 is 0 Å². The molecule has 8 nitrogen and oxygen atoms in total. The fourth-order valence-electron chi connectivity index (χ4n) is 4.14. The van der Waals surface area contributed by atoms with Crippen molar-refractivity contribution < 1.29 is 22.4 Å². The molecule has 35 heavy (non-hydrogen) atoms. The van der Waals surface area contributed by atoms with Crippen LogP contribution in [0.3, 0.4) is 0 Å². The predicted molar refractivity (Wildman–Crippen MR) is 131 cm³/mol. The number of benzene rings is 2. The molecular weight excluding hydrogens is 471 g/mol. The summed E-state index contributed by atoms with van der Waals surface area (Å²) in [6, 6.07) is 12.5. The molecule has 0 spiro atoms. The number of rotatable bonds is 5. The molecule has 1 saturated heterocycles. The molecular formula is C25H29FN4O4S. The van der Waals surface area contributed by atoms with Gasteiger partial charge in [0.15, 0.2) is 15.5 Å². The van der Waals surface area contributed by atoms with Crippen molar-refractivity contribution in [1.82, 2.24) is 20.0 Å². The molecule has 3 aromatic rings. The standard InChI is InChI=1S/C25H29FN4O4S/c1-25(2,3)22(24(32)29-12-14-35(33,34)15-13-29)27-23(31)21-19-6-4-5-7-20(19)30(28-21)16-17-8-10-18(26)11-9-17/h4-11,22H,12-16H2,1-3H3,(H,27,31). The normalized spacial score (nSPS) is 16.7. The lowest BCUT2D eigenvalue weighted by molar-refractivity contribution is -0.135. The van der Waals surface area contributed by atoms with Crippen molar-refractivity contribution in [2.45, 2.75) is 33.4 Å². The number of carbonyl (C=O) groups excluding carboxylic acids is 2. The van der Waals surface area contributed by atoms with E-state index < -0.39 is 27.2 Å². The third-order valence-corrected chi connectivity index (χ3v) is 7.77. The van der Waals surface area contributed by atoms with E-state index in [-0.39, 0.29) is 42.0 Å². The fraction of sp³-hybridized carbons (Fsp3) is 0.400. The average molecular weight is 501 g/mol. The molecule has 10 heteroatoms. The van der Waals surface area contributed by atoms with Crippen LogP contribution in [0.2, 0.25) is 0 Å². The molecule has 1 aliphatic rings.